The molecule has 1 aromatic heterocycles. The van der Waals surface area contributed by atoms with Crippen LogP contribution in [0.15, 0.2) is 4.52 Å². The van der Waals surface area contributed by atoms with Gasteiger partial charge in [-0.15, -0.1) is 0 Å². The fourth-order valence-electron chi connectivity index (χ4n) is 1.47. The Morgan fingerprint density at radius 3 is 2.92 bits per heavy atom. The Morgan fingerprint density at radius 2 is 2.38 bits per heavy atom. The Labute approximate surface area is 76.1 Å². The lowest BCUT2D eigenvalue weighted by Crippen LogP contribution is -2.33. The van der Waals surface area contributed by atoms with Gasteiger partial charge in [-0.25, -0.2) is 0 Å². The number of nitrogens with one attached hydrogen (secondary N) is 1. The van der Waals surface area contributed by atoms with Crippen molar-refractivity contribution in [1.82, 2.24) is 10.1 Å². The zero-order chi connectivity index (χ0) is 9.26. The van der Waals surface area contributed by atoms with E-state index in [1.807, 2.05) is 0 Å². The fraction of sp³-hybridized carbons (Fsp3) is 0.750. The second kappa shape index (κ2) is 3.33. The van der Waals surface area contributed by atoms with E-state index in [1.54, 1.807) is 6.92 Å². The SMILES string of the molecule is Cc1noc(NCC2CC(O)C2)n1. The average molecular weight is 183 g/mol. The molecule has 0 spiro atoms. The average Bonchev–Trinajstić information content (AvgIpc) is 2.43. The van der Waals surface area contributed by atoms with E-state index < -0.39 is 0 Å². The van der Waals surface area contributed by atoms with E-state index >= 15 is 0 Å². The van der Waals surface area contributed by atoms with Crippen LogP contribution in [0.5, 0.6) is 0 Å². The summed E-state index contributed by atoms with van der Waals surface area (Å²) in [5.41, 5.74) is 0. The van der Waals surface area contributed by atoms with E-state index in [4.69, 9.17) is 9.63 Å². The van der Waals surface area contributed by atoms with Crippen LogP contribution in [0.1, 0.15) is 18.7 Å². The lowest BCUT2D eigenvalue weighted by Gasteiger charge is -2.30. The summed E-state index contributed by atoms with van der Waals surface area (Å²) in [6.07, 6.45) is 1.65. The molecule has 2 rings (SSSR count). The summed E-state index contributed by atoms with van der Waals surface area (Å²) in [5.74, 6) is 1.18. The lowest BCUT2D eigenvalue weighted by molar-refractivity contribution is 0.0484. The molecule has 1 aromatic rings. The third kappa shape index (κ3) is 1.98. The van der Waals surface area contributed by atoms with Gasteiger partial charge in [0.2, 0.25) is 0 Å². The molecule has 1 fully saturated rings. The molecule has 0 aromatic carbocycles. The normalized spacial score (nSPS) is 26.9. The first-order valence-electron chi connectivity index (χ1n) is 4.46. The summed E-state index contributed by atoms with van der Waals surface area (Å²) >= 11 is 0. The molecule has 2 N–H and O–H groups in total. The highest BCUT2D eigenvalue weighted by atomic mass is 16.5. The van der Waals surface area contributed by atoms with Gasteiger partial charge in [-0.3, -0.25) is 0 Å². The first-order chi connectivity index (χ1) is 6.24. The summed E-state index contributed by atoms with van der Waals surface area (Å²) < 4.78 is 4.88. The van der Waals surface area contributed by atoms with Gasteiger partial charge in [0.1, 0.15) is 0 Å². The van der Waals surface area contributed by atoms with Gasteiger partial charge in [-0.1, -0.05) is 5.16 Å². The number of aromatic nitrogens is 2. The summed E-state index contributed by atoms with van der Waals surface area (Å²) in [5, 5.41) is 15.7. The number of hydrogen-bond acceptors (Lipinski definition) is 5. The maximum absolute atomic E-state index is 9.04. The van der Waals surface area contributed by atoms with Crippen molar-refractivity contribution in [2.75, 3.05) is 11.9 Å². The van der Waals surface area contributed by atoms with E-state index in [-0.39, 0.29) is 6.10 Å². The number of nitrogens with zero attached hydrogens (tertiary/aromatic N) is 2. The highest BCUT2D eigenvalue weighted by Gasteiger charge is 2.26. The smallest absolute Gasteiger partial charge is 0.321 e. The Bertz CT molecular complexity index is 281. The minimum atomic E-state index is -0.101. The molecular weight excluding hydrogens is 170 g/mol. The number of aliphatic hydroxyl groups is 1. The number of anilines is 1. The Balaban J connectivity index is 1.74. The minimum Gasteiger partial charge on any atom is -0.393 e. The molecule has 5 nitrogen and oxygen atoms in total. The van der Waals surface area contributed by atoms with Gasteiger partial charge < -0.3 is 14.9 Å². The molecule has 5 heteroatoms. The largest absolute Gasteiger partial charge is 0.393 e. The van der Waals surface area contributed by atoms with Crippen molar-refractivity contribution in [3.63, 3.8) is 0 Å². The molecule has 0 unspecified atom stereocenters. The zero-order valence-corrected chi connectivity index (χ0v) is 7.53. The van der Waals surface area contributed by atoms with Crippen molar-refractivity contribution in [3.05, 3.63) is 5.82 Å². The first-order valence-corrected chi connectivity index (χ1v) is 4.46. The van der Waals surface area contributed by atoms with Crippen LogP contribution < -0.4 is 5.32 Å². The predicted octanol–water partition coefficient (Wildman–Crippen LogP) is 0.561. The van der Waals surface area contributed by atoms with Crippen LogP contribution in [-0.2, 0) is 0 Å². The molecule has 0 radical (unpaired) electrons. The van der Waals surface area contributed by atoms with E-state index in [0.29, 0.717) is 17.8 Å². The maximum Gasteiger partial charge on any atom is 0.321 e. The molecule has 1 heterocycles. The van der Waals surface area contributed by atoms with E-state index in [2.05, 4.69) is 15.5 Å². The fourth-order valence-corrected chi connectivity index (χ4v) is 1.47. The molecule has 1 saturated carbocycles. The molecule has 1 aliphatic carbocycles. The summed E-state index contributed by atoms with van der Waals surface area (Å²) in [6, 6.07) is 0.471. The second-order valence-corrected chi connectivity index (χ2v) is 3.52. The van der Waals surface area contributed by atoms with Crippen molar-refractivity contribution < 1.29 is 9.63 Å². The van der Waals surface area contributed by atoms with Gasteiger partial charge in [-0.05, 0) is 25.7 Å². The maximum atomic E-state index is 9.04. The number of aliphatic hydroxyl groups excluding tert-OH is 1. The second-order valence-electron chi connectivity index (χ2n) is 3.52. The van der Waals surface area contributed by atoms with Crippen molar-refractivity contribution in [3.8, 4) is 0 Å². The van der Waals surface area contributed by atoms with Gasteiger partial charge in [-0.2, -0.15) is 4.98 Å². The molecule has 1 aliphatic rings. The van der Waals surface area contributed by atoms with Gasteiger partial charge in [0.05, 0.1) is 6.10 Å². The minimum absolute atomic E-state index is 0.101. The summed E-state index contributed by atoms with van der Waals surface area (Å²) in [7, 11) is 0. The highest BCUT2D eigenvalue weighted by Crippen LogP contribution is 2.26. The standard InChI is InChI=1S/C8H13N3O2/c1-5-10-8(13-11-5)9-4-6-2-7(12)3-6/h6-7,12H,2-4H2,1H3,(H,9,10,11). The van der Waals surface area contributed by atoms with Crippen LogP contribution in [-0.4, -0.2) is 27.9 Å². The first kappa shape index (κ1) is 8.50. The zero-order valence-electron chi connectivity index (χ0n) is 7.53. The summed E-state index contributed by atoms with van der Waals surface area (Å²) in [6.45, 7) is 2.58. The van der Waals surface area contributed by atoms with Gasteiger partial charge >= 0.3 is 6.01 Å². The third-order valence-corrected chi connectivity index (χ3v) is 2.28. The molecule has 72 valence electrons. The van der Waals surface area contributed by atoms with Gasteiger partial charge in [0.25, 0.3) is 0 Å². The number of aryl methyl sites for hydroxylation is 1. The Hall–Kier alpha value is -1.10. The third-order valence-electron chi connectivity index (χ3n) is 2.28. The summed E-state index contributed by atoms with van der Waals surface area (Å²) in [4.78, 5) is 4.01. The monoisotopic (exact) mass is 183 g/mol. The topological polar surface area (TPSA) is 71.2 Å². The molecule has 13 heavy (non-hydrogen) atoms. The lowest BCUT2D eigenvalue weighted by atomic mass is 9.82. The Morgan fingerprint density at radius 1 is 1.62 bits per heavy atom. The van der Waals surface area contributed by atoms with Crippen molar-refractivity contribution in [1.29, 1.82) is 0 Å². The molecule has 0 atom stereocenters. The van der Waals surface area contributed by atoms with Crippen LogP contribution in [0.2, 0.25) is 0 Å². The van der Waals surface area contributed by atoms with Crippen molar-refractivity contribution in [2.24, 2.45) is 5.92 Å². The molecule has 0 bridgehead atoms. The van der Waals surface area contributed by atoms with Crippen molar-refractivity contribution in [2.45, 2.75) is 25.9 Å². The van der Waals surface area contributed by atoms with Gasteiger partial charge in [0.15, 0.2) is 5.82 Å². The van der Waals surface area contributed by atoms with Crippen LogP contribution in [0, 0.1) is 12.8 Å². The highest BCUT2D eigenvalue weighted by molar-refractivity contribution is 5.18. The Kier molecular flexibility index (Phi) is 2.18. The molecule has 0 amide bonds. The van der Waals surface area contributed by atoms with Crippen LogP contribution in [0.25, 0.3) is 0 Å². The van der Waals surface area contributed by atoms with Crippen LogP contribution >= 0.6 is 0 Å². The molecule has 0 saturated heterocycles. The molecule has 0 aliphatic heterocycles. The van der Waals surface area contributed by atoms with Crippen LogP contribution in [0.3, 0.4) is 0 Å². The molecular formula is C8H13N3O2. The quantitative estimate of drug-likeness (QED) is 0.716. The van der Waals surface area contributed by atoms with E-state index in [1.165, 1.54) is 0 Å². The van der Waals surface area contributed by atoms with E-state index in [9.17, 15) is 0 Å². The number of hydrogen-bond donors (Lipinski definition) is 2. The van der Waals surface area contributed by atoms with Crippen molar-refractivity contribution >= 4 is 6.01 Å². The number of rotatable bonds is 3. The predicted molar refractivity (Wildman–Crippen MR) is 46.3 cm³/mol. The van der Waals surface area contributed by atoms with Gasteiger partial charge in [0, 0.05) is 6.54 Å². The van der Waals surface area contributed by atoms with Crippen LogP contribution in [0.4, 0.5) is 6.01 Å². The van der Waals surface area contributed by atoms with E-state index in [0.717, 1.165) is 19.4 Å².